The summed E-state index contributed by atoms with van der Waals surface area (Å²) >= 11 is 0. The van der Waals surface area contributed by atoms with E-state index in [0.29, 0.717) is 18.3 Å². The van der Waals surface area contributed by atoms with Crippen molar-refractivity contribution in [1.29, 1.82) is 0 Å². The van der Waals surface area contributed by atoms with Crippen molar-refractivity contribution >= 4 is 10.1 Å². The summed E-state index contributed by atoms with van der Waals surface area (Å²) in [5, 5.41) is 0. The molecule has 3 nitrogen and oxygen atoms in total. The molecular weight excluding hydrogens is 295 g/mol. The summed E-state index contributed by atoms with van der Waals surface area (Å²) in [6, 6.07) is 5.07. The second kappa shape index (κ2) is 9.31. The standard InChI is InChI=1S/C16H26O3S.Na/c1-12(2)8-10-14-6-5-7-16(20(17,18)19)15(14)11-9-13(3)4;/h5-7,12-13H,8-11H2,1-4H3,(H,17,18,19);/q;+1/p-1. The molecule has 5 heteroatoms. The molecule has 0 aliphatic rings. The Labute approximate surface area is 151 Å². The third-order valence-corrected chi connectivity index (χ3v) is 4.38. The second-order valence-electron chi connectivity index (χ2n) is 6.21. The summed E-state index contributed by atoms with van der Waals surface area (Å²) in [6.45, 7) is 8.48. The molecule has 0 fully saturated rings. The van der Waals surface area contributed by atoms with E-state index >= 15 is 0 Å². The van der Waals surface area contributed by atoms with Crippen molar-refractivity contribution in [1.82, 2.24) is 0 Å². The Balaban J connectivity index is 0.00000400. The summed E-state index contributed by atoms with van der Waals surface area (Å²) in [6.07, 6.45) is 3.37. The summed E-state index contributed by atoms with van der Waals surface area (Å²) in [5.41, 5.74) is 1.74. The van der Waals surface area contributed by atoms with Crippen molar-refractivity contribution in [2.24, 2.45) is 11.8 Å². The van der Waals surface area contributed by atoms with E-state index < -0.39 is 10.1 Å². The normalized spacial score (nSPS) is 11.8. The van der Waals surface area contributed by atoms with Gasteiger partial charge in [0, 0.05) is 0 Å². The molecule has 1 aromatic carbocycles. The van der Waals surface area contributed by atoms with Crippen molar-refractivity contribution in [3.8, 4) is 0 Å². The average molecular weight is 320 g/mol. The van der Waals surface area contributed by atoms with Crippen molar-refractivity contribution in [3.63, 3.8) is 0 Å². The summed E-state index contributed by atoms with van der Waals surface area (Å²) in [7, 11) is -4.39. The Morgan fingerprint density at radius 1 is 1.00 bits per heavy atom. The molecule has 0 aliphatic heterocycles. The molecule has 1 rings (SSSR count). The van der Waals surface area contributed by atoms with Gasteiger partial charge in [0.05, 0.1) is 4.90 Å². The van der Waals surface area contributed by atoms with Crippen LogP contribution in [0.25, 0.3) is 0 Å². The van der Waals surface area contributed by atoms with Gasteiger partial charge in [-0.3, -0.25) is 0 Å². The molecule has 0 bridgehead atoms. The molecular formula is C16H25NaO3S. The summed E-state index contributed by atoms with van der Waals surface area (Å²) in [4.78, 5) is -0.0283. The van der Waals surface area contributed by atoms with Crippen molar-refractivity contribution in [2.75, 3.05) is 0 Å². The van der Waals surface area contributed by atoms with Crippen molar-refractivity contribution in [3.05, 3.63) is 29.3 Å². The van der Waals surface area contributed by atoms with Gasteiger partial charge in [-0.25, -0.2) is 8.42 Å². The number of hydrogen-bond acceptors (Lipinski definition) is 3. The molecule has 0 saturated carbocycles. The molecule has 0 spiro atoms. The molecule has 0 heterocycles. The smallest absolute Gasteiger partial charge is 0.744 e. The van der Waals surface area contributed by atoms with Crippen LogP contribution in [0, 0.1) is 11.8 Å². The molecule has 0 radical (unpaired) electrons. The van der Waals surface area contributed by atoms with Gasteiger partial charge >= 0.3 is 29.6 Å². The van der Waals surface area contributed by atoms with Gasteiger partial charge in [-0.2, -0.15) is 0 Å². The van der Waals surface area contributed by atoms with Gasteiger partial charge < -0.3 is 4.55 Å². The molecule has 0 amide bonds. The second-order valence-corrected chi connectivity index (χ2v) is 7.56. The zero-order valence-corrected chi connectivity index (χ0v) is 16.7. The Morgan fingerprint density at radius 2 is 1.52 bits per heavy atom. The van der Waals surface area contributed by atoms with Gasteiger partial charge in [-0.15, -0.1) is 0 Å². The van der Waals surface area contributed by atoms with Gasteiger partial charge in [0.25, 0.3) is 0 Å². The zero-order valence-electron chi connectivity index (χ0n) is 13.8. The summed E-state index contributed by atoms with van der Waals surface area (Å²) < 4.78 is 34.3. The van der Waals surface area contributed by atoms with E-state index in [1.807, 2.05) is 6.07 Å². The predicted molar refractivity (Wildman–Crippen MR) is 80.7 cm³/mol. The van der Waals surface area contributed by atoms with Gasteiger partial charge in [0.2, 0.25) is 0 Å². The molecule has 0 aromatic heterocycles. The Bertz CT molecular complexity index is 536. The molecule has 21 heavy (non-hydrogen) atoms. The van der Waals surface area contributed by atoms with E-state index in [1.54, 1.807) is 6.07 Å². The maximum atomic E-state index is 11.4. The van der Waals surface area contributed by atoms with Crippen LogP contribution in [0.15, 0.2) is 23.1 Å². The van der Waals surface area contributed by atoms with E-state index in [9.17, 15) is 13.0 Å². The molecule has 0 aliphatic carbocycles. The van der Waals surface area contributed by atoms with Crippen molar-refractivity contribution in [2.45, 2.75) is 58.3 Å². The first-order valence-corrected chi connectivity index (χ1v) is 8.69. The van der Waals surface area contributed by atoms with Crippen LogP contribution in [0.1, 0.15) is 51.7 Å². The number of hydrogen-bond donors (Lipinski definition) is 0. The number of aryl methyl sites for hydroxylation is 1. The Kier molecular flexibility index (Phi) is 9.37. The molecule has 1 aromatic rings. The predicted octanol–water partition coefficient (Wildman–Crippen LogP) is 0.772. The summed E-state index contributed by atoms with van der Waals surface area (Å²) in [5.74, 6) is 1.04. The first kappa shape index (κ1) is 21.1. The van der Waals surface area contributed by atoms with Crippen LogP contribution in [0.5, 0.6) is 0 Å². The Hall–Kier alpha value is 0.130. The van der Waals surface area contributed by atoms with E-state index in [-0.39, 0.29) is 34.5 Å². The van der Waals surface area contributed by atoms with E-state index in [4.69, 9.17) is 0 Å². The van der Waals surface area contributed by atoms with Gasteiger partial charge in [-0.05, 0) is 54.7 Å². The van der Waals surface area contributed by atoms with Gasteiger partial charge in [-0.1, -0.05) is 39.8 Å². The Morgan fingerprint density at radius 3 is 2.00 bits per heavy atom. The van der Waals surface area contributed by atoms with Gasteiger partial charge in [0.1, 0.15) is 10.1 Å². The van der Waals surface area contributed by atoms with Crippen LogP contribution in [0.3, 0.4) is 0 Å². The minimum Gasteiger partial charge on any atom is -0.744 e. The van der Waals surface area contributed by atoms with E-state index in [2.05, 4.69) is 27.7 Å². The molecule has 0 atom stereocenters. The minimum absolute atomic E-state index is 0. The van der Waals surface area contributed by atoms with Crippen LogP contribution >= 0.6 is 0 Å². The van der Waals surface area contributed by atoms with Crippen LogP contribution in [0.4, 0.5) is 0 Å². The van der Waals surface area contributed by atoms with Crippen LogP contribution in [0.2, 0.25) is 0 Å². The van der Waals surface area contributed by atoms with Gasteiger partial charge in [0.15, 0.2) is 0 Å². The first-order chi connectivity index (χ1) is 9.21. The molecule has 0 unspecified atom stereocenters. The van der Waals surface area contributed by atoms with Crippen molar-refractivity contribution < 1.29 is 42.5 Å². The third-order valence-electron chi connectivity index (χ3n) is 3.46. The number of benzene rings is 1. The monoisotopic (exact) mass is 320 g/mol. The first-order valence-electron chi connectivity index (χ1n) is 7.28. The average Bonchev–Trinajstić information content (AvgIpc) is 2.32. The molecule has 0 saturated heterocycles. The minimum atomic E-state index is -4.39. The fourth-order valence-electron chi connectivity index (χ4n) is 2.24. The topological polar surface area (TPSA) is 57.2 Å². The third kappa shape index (κ3) is 7.29. The van der Waals surface area contributed by atoms with Crippen LogP contribution in [-0.4, -0.2) is 13.0 Å². The maximum Gasteiger partial charge on any atom is 1.00 e. The fraction of sp³-hybridized carbons (Fsp3) is 0.625. The van der Waals surface area contributed by atoms with Crippen LogP contribution < -0.4 is 29.6 Å². The zero-order chi connectivity index (χ0) is 15.3. The largest absolute Gasteiger partial charge is 1.00 e. The van der Waals surface area contributed by atoms with Crippen LogP contribution in [-0.2, 0) is 23.0 Å². The fourth-order valence-corrected chi connectivity index (χ4v) is 3.02. The molecule has 114 valence electrons. The van der Waals surface area contributed by atoms with E-state index in [0.717, 1.165) is 30.4 Å². The quantitative estimate of drug-likeness (QED) is 0.551. The maximum absolute atomic E-state index is 11.4. The molecule has 0 N–H and O–H groups in total. The number of rotatable bonds is 7. The van der Waals surface area contributed by atoms with E-state index in [1.165, 1.54) is 6.07 Å². The SMILES string of the molecule is CC(C)CCc1cccc(S(=O)(=O)[O-])c1CCC(C)C.[Na+].